The molecular weight excluding hydrogens is 368 g/mol. The monoisotopic (exact) mass is 396 g/mol. The summed E-state index contributed by atoms with van der Waals surface area (Å²) in [7, 11) is 0. The van der Waals surface area contributed by atoms with Gasteiger partial charge in [-0.3, -0.25) is 0 Å². The van der Waals surface area contributed by atoms with Crippen molar-refractivity contribution in [1.29, 1.82) is 0 Å². The van der Waals surface area contributed by atoms with Crippen LogP contribution in [-0.2, 0) is 11.2 Å². The van der Waals surface area contributed by atoms with Crippen LogP contribution in [0.4, 0.5) is 0 Å². The van der Waals surface area contributed by atoms with E-state index in [4.69, 9.17) is 0 Å². The first kappa shape index (κ1) is 20.3. The van der Waals surface area contributed by atoms with Crippen LogP contribution in [0.3, 0.4) is 0 Å². The molecule has 4 aromatic carbocycles. The highest BCUT2D eigenvalue weighted by Crippen LogP contribution is 2.40. The van der Waals surface area contributed by atoms with Crippen molar-refractivity contribution < 1.29 is 10.2 Å². The molecule has 2 nitrogen and oxygen atoms in total. The van der Waals surface area contributed by atoms with Crippen LogP contribution in [0.2, 0.25) is 0 Å². The lowest BCUT2D eigenvalue weighted by molar-refractivity contribution is 0.0786. The maximum atomic E-state index is 10.7. The van der Waals surface area contributed by atoms with Crippen LogP contribution < -0.4 is 0 Å². The third kappa shape index (κ3) is 3.65. The van der Waals surface area contributed by atoms with Crippen LogP contribution >= 0.6 is 0 Å². The summed E-state index contributed by atoms with van der Waals surface area (Å²) in [6.45, 7) is 7.29. The molecule has 0 unspecified atom stereocenters. The molecule has 0 saturated carbocycles. The molecule has 0 spiro atoms. The number of aliphatic hydroxyl groups is 2. The summed E-state index contributed by atoms with van der Waals surface area (Å²) < 4.78 is 0. The molecule has 0 heterocycles. The standard InChI is InChI=1S/C28H28O2/c1-27(2,29)25-17-7-5-11-23(25)21-15-9-14-20-19(21)13-10-16-22(20)24-12-6-8-18-26(24)28(3,4)30/h5-18,29-30H,1-4H3. The Hall–Kier alpha value is -2.94. The van der Waals surface area contributed by atoms with Crippen molar-refractivity contribution in [3.05, 3.63) is 96.1 Å². The molecule has 0 fully saturated rings. The van der Waals surface area contributed by atoms with Crippen LogP contribution in [-0.4, -0.2) is 10.2 Å². The molecular formula is C28H28O2. The summed E-state index contributed by atoms with van der Waals surface area (Å²) in [5.41, 5.74) is 4.17. The maximum Gasteiger partial charge on any atom is 0.0846 e. The van der Waals surface area contributed by atoms with Crippen LogP contribution in [0.1, 0.15) is 38.8 Å². The summed E-state index contributed by atoms with van der Waals surface area (Å²) in [5, 5.41) is 23.7. The lowest BCUT2D eigenvalue weighted by Crippen LogP contribution is -2.17. The minimum Gasteiger partial charge on any atom is -0.386 e. The lowest BCUT2D eigenvalue weighted by atomic mass is 9.84. The Labute approximate surface area is 178 Å². The Morgan fingerprint density at radius 1 is 0.433 bits per heavy atom. The predicted molar refractivity (Wildman–Crippen MR) is 125 cm³/mol. The molecule has 2 N–H and O–H groups in total. The average Bonchev–Trinajstić information content (AvgIpc) is 2.71. The summed E-state index contributed by atoms with van der Waals surface area (Å²) in [5.74, 6) is 0. The van der Waals surface area contributed by atoms with Gasteiger partial charge in [-0.25, -0.2) is 0 Å². The largest absolute Gasteiger partial charge is 0.386 e. The molecule has 0 aliphatic rings. The molecule has 2 heteroatoms. The number of rotatable bonds is 4. The maximum absolute atomic E-state index is 10.7. The zero-order valence-corrected chi connectivity index (χ0v) is 18.0. The highest BCUT2D eigenvalue weighted by atomic mass is 16.3. The molecule has 0 amide bonds. The Morgan fingerprint density at radius 3 is 1.13 bits per heavy atom. The molecule has 4 rings (SSSR count). The van der Waals surface area contributed by atoms with Gasteiger partial charge in [-0.15, -0.1) is 0 Å². The second kappa shape index (κ2) is 7.39. The van der Waals surface area contributed by atoms with Crippen molar-refractivity contribution in [2.45, 2.75) is 38.9 Å². The minimum atomic E-state index is -0.941. The van der Waals surface area contributed by atoms with Crippen molar-refractivity contribution in [2.75, 3.05) is 0 Å². The number of fused-ring (bicyclic) bond motifs is 1. The smallest absolute Gasteiger partial charge is 0.0846 e. The molecule has 0 atom stereocenters. The van der Waals surface area contributed by atoms with E-state index < -0.39 is 11.2 Å². The molecule has 0 aliphatic carbocycles. The van der Waals surface area contributed by atoms with Crippen molar-refractivity contribution in [1.82, 2.24) is 0 Å². The number of benzene rings is 4. The first-order chi connectivity index (χ1) is 14.2. The zero-order chi connectivity index (χ0) is 21.5. The van der Waals surface area contributed by atoms with E-state index in [2.05, 4.69) is 48.5 Å². The Kier molecular flexibility index (Phi) is 5.01. The third-order valence-electron chi connectivity index (χ3n) is 5.67. The topological polar surface area (TPSA) is 40.5 Å². The minimum absolute atomic E-state index is 0.903. The van der Waals surface area contributed by atoms with Gasteiger partial charge in [0.2, 0.25) is 0 Å². The fraction of sp³-hybridized carbons (Fsp3) is 0.214. The van der Waals surface area contributed by atoms with Gasteiger partial charge in [0.1, 0.15) is 0 Å². The predicted octanol–water partition coefficient (Wildman–Crippen LogP) is 6.63. The van der Waals surface area contributed by atoms with Gasteiger partial charge in [-0.1, -0.05) is 84.9 Å². The van der Waals surface area contributed by atoms with E-state index in [-0.39, 0.29) is 0 Å². The van der Waals surface area contributed by atoms with Gasteiger partial charge in [-0.2, -0.15) is 0 Å². The Morgan fingerprint density at radius 2 is 0.767 bits per heavy atom. The van der Waals surface area contributed by atoms with Gasteiger partial charge in [0.05, 0.1) is 11.2 Å². The van der Waals surface area contributed by atoms with E-state index >= 15 is 0 Å². The van der Waals surface area contributed by atoms with Crippen LogP contribution in [0, 0.1) is 0 Å². The summed E-state index contributed by atoms with van der Waals surface area (Å²) in [6, 6.07) is 28.7. The molecule has 0 bridgehead atoms. The third-order valence-corrected chi connectivity index (χ3v) is 5.67. The average molecular weight is 397 g/mol. The van der Waals surface area contributed by atoms with Gasteiger partial charge in [0, 0.05) is 0 Å². The summed E-state index contributed by atoms with van der Waals surface area (Å²) in [6.07, 6.45) is 0. The molecule has 0 aromatic heterocycles. The van der Waals surface area contributed by atoms with Crippen molar-refractivity contribution in [3.63, 3.8) is 0 Å². The molecule has 0 saturated heterocycles. The van der Waals surface area contributed by atoms with E-state index in [0.717, 1.165) is 44.2 Å². The van der Waals surface area contributed by atoms with Crippen LogP contribution in [0.15, 0.2) is 84.9 Å². The highest BCUT2D eigenvalue weighted by Gasteiger charge is 2.23. The highest BCUT2D eigenvalue weighted by molar-refractivity contribution is 6.05. The second-order valence-electron chi connectivity index (χ2n) is 8.92. The SMILES string of the molecule is CC(C)(O)c1ccccc1-c1cccc2c(-c3ccccc3C(C)(C)O)cccc12. The number of hydrogen-bond donors (Lipinski definition) is 2. The Bertz CT molecular complexity index is 1110. The zero-order valence-electron chi connectivity index (χ0n) is 18.0. The fourth-order valence-electron chi connectivity index (χ4n) is 4.28. The van der Waals surface area contributed by atoms with Gasteiger partial charge >= 0.3 is 0 Å². The van der Waals surface area contributed by atoms with Crippen LogP contribution in [0.25, 0.3) is 33.0 Å². The lowest BCUT2D eigenvalue weighted by Gasteiger charge is -2.24. The molecule has 4 aromatic rings. The second-order valence-corrected chi connectivity index (χ2v) is 8.92. The van der Waals surface area contributed by atoms with Crippen molar-refractivity contribution >= 4 is 10.8 Å². The molecule has 0 radical (unpaired) electrons. The summed E-state index contributed by atoms with van der Waals surface area (Å²) in [4.78, 5) is 0. The fourth-order valence-corrected chi connectivity index (χ4v) is 4.28. The quantitative estimate of drug-likeness (QED) is 0.406. The Balaban J connectivity index is 2.01. The van der Waals surface area contributed by atoms with E-state index in [1.165, 1.54) is 0 Å². The molecule has 30 heavy (non-hydrogen) atoms. The summed E-state index contributed by atoms with van der Waals surface area (Å²) >= 11 is 0. The first-order valence-electron chi connectivity index (χ1n) is 10.3. The first-order valence-corrected chi connectivity index (χ1v) is 10.3. The van der Waals surface area contributed by atoms with Gasteiger partial charge < -0.3 is 10.2 Å². The van der Waals surface area contributed by atoms with Crippen molar-refractivity contribution in [2.24, 2.45) is 0 Å². The van der Waals surface area contributed by atoms with Gasteiger partial charge in [-0.05, 0) is 71.8 Å². The molecule has 0 aliphatic heterocycles. The van der Waals surface area contributed by atoms with E-state index in [1.807, 2.05) is 64.1 Å². The van der Waals surface area contributed by atoms with Gasteiger partial charge in [0.15, 0.2) is 0 Å². The normalized spacial score (nSPS) is 12.3. The van der Waals surface area contributed by atoms with E-state index in [1.54, 1.807) is 0 Å². The number of hydrogen-bond acceptors (Lipinski definition) is 2. The van der Waals surface area contributed by atoms with Crippen LogP contribution in [0.5, 0.6) is 0 Å². The van der Waals surface area contributed by atoms with E-state index in [0.29, 0.717) is 0 Å². The van der Waals surface area contributed by atoms with Crippen molar-refractivity contribution in [3.8, 4) is 22.3 Å². The molecule has 152 valence electrons. The van der Waals surface area contributed by atoms with E-state index in [9.17, 15) is 10.2 Å². The van der Waals surface area contributed by atoms with Gasteiger partial charge in [0.25, 0.3) is 0 Å².